The molecule has 11 heteroatoms. The molecule has 2 heterocycles. The third-order valence-corrected chi connectivity index (χ3v) is 7.17. The monoisotopic (exact) mass is 517 g/mol. The number of ether oxygens (including phenoxy) is 1. The summed E-state index contributed by atoms with van der Waals surface area (Å²) in [5.41, 5.74) is -2.06. The lowest BCUT2D eigenvalue weighted by molar-refractivity contribution is -0.138. The zero-order chi connectivity index (χ0) is 25.9. The molecule has 190 valence electrons. The second-order valence-corrected chi connectivity index (χ2v) is 9.38. The number of hydrogen-bond acceptors (Lipinski definition) is 6. The minimum atomic E-state index is -4.75. The Bertz CT molecular complexity index is 1160. The van der Waals surface area contributed by atoms with Gasteiger partial charge in [-0.15, -0.1) is 0 Å². The number of hydrogen-bond donors (Lipinski definition) is 1. The van der Waals surface area contributed by atoms with Crippen molar-refractivity contribution < 1.29 is 22.7 Å². The van der Waals surface area contributed by atoms with Crippen molar-refractivity contribution in [3.8, 4) is 11.8 Å². The van der Waals surface area contributed by atoms with E-state index in [1.54, 1.807) is 17.0 Å². The van der Waals surface area contributed by atoms with Gasteiger partial charge in [0, 0.05) is 12.7 Å². The summed E-state index contributed by atoms with van der Waals surface area (Å²) in [7, 11) is 1.52. The Morgan fingerprint density at radius 3 is 2.44 bits per heavy atom. The molecule has 1 saturated carbocycles. The van der Waals surface area contributed by atoms with Crippen molar-refractivity contribution in [3.05, 3.63) is 47.8 Å². The lowest BCUT2D eigenvalue weighted by atomic mass is 9.76. The van der Waals surface area contributed by atoms with Gasteiger partial charge in [-0.05, 0) is 87.7 Å². The lowest BCUT2D eigenvalue weighted by Crippen LogP contribution is -2.60. The predicted molar refractivity (Wildman–Crippen MR) is 133 cm³/mol. The Kier molecular flexibility index (Phi) is 7.47. The highest BCUT2D eigenvalue weighted by Gasteiger charge is 2.45. The van der Waals surface area contributed by atoms with Crippen LogP contribution in [-0.4, -0.2) is 48.2 Å². The average molecular weight is 518 g/mol. The summed E-state index contributed by atoms with van der Waals surface area (Å²) in [6.07, 6.45) is 1.18. The topological polar surface area (TPSA) is 81.5 Å². The number of aromatic nitrogens is 1. The van der Waals surface area contributed by atoms with E-state index in [9.17, 15) is 18.0 Å². The number of nitrogens with zero attached hydrogens (tertiary/aromatic N) is 4. The van der Waals surface area contributed by atoms with Crippen LogP contribution in [-0.2, 0) is 11.0 Å². The number of carbonyl (C=O) groups excluding carboxylic acids is 1. The first-order chi connectivity index (χ1) is 17.2. The summed E-state index contributed by atoms with van der Waals surface area (Å²) in [5.74, 6) is 0.699. The summed E-state index contributed by atoms with van der Waals surface area (Å²) < 4.78 is 46.6. The fourth-order valence-corrected chi connectivity index (χ4v) is 4.87. The molecular weight excluding hydrogens is 491 g/mol. The van der Waals surface area contributed by atoms with E-state index < -0.39 is 23.0 Å². The zero-order valence-corrected chi connectivity index (χ0v) is 20.5. The second kappa shape index (κ2) is 10.4. The maximum Gasteiger partial charge on any atom is 0.419 e. The van der Waals surface area contributed by atoms with Gasteiger partial charge in [0.1, 0.15) is 29.7 Å². The summed E-state index contributed by atoms with van der Waals surface area (Å²) in [6, 6.07) is 9.56. The molecule has 1 aliphatic heterocycles. The normalized spacial score (nSPS) is 17.4. The molecule has 0 bridgehead atoms. The largest absolute Gasteiger partial charge is 0.490 e. The Morgan fingerprint density at radius 2 is 1.92 bits per heavy atom. The number of piperidine rings is 1. The fourth-order valence-electron chi connectivity index (χ4n) is 4.47. The molecule has 7 nitrogen and oxygen atoms in total. The first-order valence-corrected chi connectivity index (χ1v) is 12.1. The van der Waals surface area contributed by atoms with Crippen LogP contribution in [0.15, 0.2) is 36.5 Å². The van der Waals surface area contributed by atoms with E-state index in [0.717, 1.165) is 44.7 Å². The van der Waals surface area contributed by atoms with E-state index in [1.807, 2.05) is 12.1 Å². The van der Waals surface area contributed by atoms with Crippen molar-refractivity contribution in [1.29, 1.82) is 5.26 Å². The van der Waals surface area contributed by atoms with Crippen molar-refractivity contribution in [3.63, 3.8) is 0 Å². The molecule has 1 saturated heterocycles. The number of thiocarbonyl (C=S) groups is 1. The van der Waals surface area contributed by atoms with Crippen LogP contribution in [0.4, 0.5) is 24.5 Å². The van der Waals surface area contributed by atoms with Crippen molar-refractivity contribution in [2.75, 3.05) is 29.9 Å². The first kappa shape index (κ1) is 25.9. The standard InChI is InChI=1S/C25H26F3N5O2S/c1-32(18-13-21(25(26,27)28)22(14-29)31-15-18)23(36)33(24(16-34)9-2-10-24)17-3-5-19(6-4-17)35-20-7-11-30-12-8-20/h3-6,13,15-16,20,30H,2,7-12H2,1H3. The number of carbonyl (C=O) groups is 1. The number of nitriles is 1. The van der Waals surface area contributed by atoms with Crippen LogP contribution in [0.2, 0.25) is 0 Å². The number of alkyl halides is 3. The summed E-state index contributed by atoms with van der Waals surface area (Å²) in [5, 5.41) is 12.5. The zero-order valence-electron chi connectivity index (χ0n) is 19.7. The third kappa shape index (κ3) is 5.15. The molecule has 1 aliphatic carbocycles. The third-order valence-electron chi connectivity index (χ3n) is 6.72. The average Bonchev–Trinajstić information content (AvgIpc) is 2.85. The quantitative estimate of drug-likeness (QED) is 0.445. The molecule has 0 atom stereocenters. The Hall–Kier alpha value is -3.23. The highest BCUT2D eigenvalue weighted by Crippen LogP contribution is 2.41. The van der Waals surface area contributed by atoms with Gasteiger partial charge in [0.2, 0.25) is 0 Å². The van der Waals surface area contributed by atoms with Gasteiger partial charge in [-0.3, -0.25) is 0 Å². The van der Waals surface area contributed by atoms with Crippen molar-refractivity contribution in [1.82, 2.24) is 10.3 Å². The molecule has 2 fully saturated rings. The highest BCUT2D eigenvalue weighted by atomic mass is 32.1. The number of anilines is 2. The molecule has 4 rings (SSSR count). The van der Waals surface area contributed by atoms with Crippen LogP contribution in [0.25, 0.3) is 0 Å². The van der Waals surface area contributed by atoms with Crippen LogP contribution in [0, 0.1) is 11.3 Å². The Morgan fingerprint density at radius 1 is 1.25 bits per heavy atom. The lowest BCUT2D eigenvalue weighted by Gasteiger charge is -2.48. The summed E-state index contributed by atoms with van der Waals surface area (Å²) >= 11 is 5.72. The second-order valence-electron chi connectivity index (χ2n) is 9.01. The smallest absolute Gasteiger partial charge is 0.419 e. The molecule has 1 N–H and O–H groups in total. The fraction of sp³-hybridized carbons (Fsp3) is 0.440. The van der Waals surface area contributed by atoms with Gasteiger partial charge >= 0.3 is 6.18 Å². The van der Waals surface area contributed by atoms with Crippen LogP contribution in [0.1, 0.15) is 43.4 Å². The molecule has 0 spiro atoms. The van der Waals surface area contributed by atoms with E-state index in [0.29, 0.717) is 24.3 Å². The van der Waals surface area contributed by atoms with Gasteiger partial charge < -0.3 is 24.6 Å². The molecule has 0 radical (unpaired) electrons. The molecule has 2 aromatic rings. The minimum absolute atomic E-state index is 0.0579. The van der Waals surface area contributed by atoms with Crippen LogP contribution < -0.4 is 19.9 Å². The van der Waals surface area contributed by atoms with E-state index in [2.05, 4.69) is 10.3 Å². The SMILES string of the molecule is CN(C(=S)N(c1ccc(OC2CCNCC2)cc1)C1(C=O)CCC1)c1cnc(C#N)c(C(F)(F)F)c1. The van der Waals surface area contributed by atoms with Gasteiger partial charge in [-0.1, -0.05) is 0 Å². The van der Waals surface area contributed by atoms with Crippen molar-refractivity contribution in [2.45, 2.75) is 49.9 Å². The van der Waals surface area contributed by atoms with Gasteiger partial charge in [0.05, 0.1) is 17.4 Å². The molecule has 1 aromatic carbocycles. The molecule has 1 aromatic heterocycles. The number of benzene rings is 1. The van der Waals surface area contributed by atoms with Gasteiger partial charge in [-0.25, -0.2) is 4.98 Å². The predicted octanol–water partition coefficient (Wildman–Crippen LogP) is 4.45. The maximum absolute atomic E-state index is 13.5. The molecule has 36 heavy (non-hydrogen) atoms. The van der Waals surface area contributed by atoms with E-state index in [1.165, 1.54) is 24.2 Å². The molecule has 2 aliphatic rings. The van der Waals surface area contributed by atoms with Gasteiger partial charge in [0.15, 0.2) is 10.8 Å². The number of halogens is 3. The summed E-state index contributed by atoms with van der Waals surface area (Å²) in [6.45, 7) is 1.80. The number of rotatable bonds is 6. The van der Waals surface area contributed by atoms with Gasteiger partial charge in [-0.2, -0.15) is 18.4 Å². The van der Waals surface area contributed by atoms with E-state index >= 15 is 0 Å². The molecular formula is C25H26F3N5O2S. The van der Waals surface area contributed by atoms with Crippen LogP contribution in [0.5, 0.6) is 5.75 Å². The summed E-state index contributed by atoms with van der Waals surface area (Å²) in [4.78, 5) is 19.0. The Labute approximate surface area is 212 Å². The maximum atomic E-state index is 13.5. The van der Waals surface area contributed by atoms with Crippen molar-refractivity contribution >= 4 is 35.0 Å². The minimum Gasteiger partial charge on any atom is -0.490 e. The Balaban J connectivity index is 1.64. The van der Waals surface area contributed by atoms with Crippen LogP contribution >= 0.6 is 12.2 Å². The number of aldehydes is 1. The number of nitrogens with one attached hydrogen (secondary N) is 1. The number of pyridine rings is 1. The van der Waals surface area contributed by atoms with E-state index in [-0.39, 0.29) is 16.9 Å². The van der Waals surface area contributed by atoms with Gasteiger partial charge in [0.25, 0.3) is 0 Å². The first-order valence-electron chi connectivity index (χ1n) is 11.7. The van der Waals surface area contributed by atoms with E-state index in [4.69, 9.17) is 22.2 Å². The highest BCUT2D eigenvalue weighted by molar-refractivity contribution is 7.80. The van der Waals surface area contributed by atoms with Crippen molar-refractivity contribution in [2.24, 2.45) is 0 Å². The molecule has 0 unspecified atom stereocenters. The molecule has 0 amide bonds. The van der Waals surface area contributed by atoms with Crippen LogP contribution in [0.3, 0.4) is 0 Å².